The third-order valence-electron chi connectivity index (χ3n) is 3.90. The molecule has 106 valence electrons. The Morgan fingerprint density at radius 2 is 1.45 bits per heavy atom. The first-order valence-electron chi connectivity index (χ1n) is 7.07. The van der Waals surface area contributed by atoms with E-state index in [1.54, 1.807) is 0 Å². The van der Waals surface area contributed by atoms with Gasteiger partial charge in [-0.2, -0.15) is 0 Å². The van der Waals surface area contributed by atoms with Crippen LogP contribution in [0.4, 0.5) is 0 Å². The molecule has 3 heteroatoms. The second-order valence-corrected chi connectivity index (χ2v) is 5.29. The van der Waals surface area contributed by atoms with Crippen molar-refractivity contribution in [3.8, 4) is 17.0 Å². The number of fused-ring (bicyclic) bond motifs is 2. The predicted molar refractivity (Wildman–Crippen MR) is 89.2 cm³/mol. The Morgan fingerprint density at radius 3 is 2.18 bits per heavy atom. The first kappa shape index (κ1) is 12.7. The van der Waals surface area contributed by atoms with E-state index in [1.807, 2.05) is 66.7 Å². The molecular weight excluding hydrogens is 274 g/mol. The van der Waals surface area contributed by atoms with Gasteiger partial charge in [0.05, 0.1) is 16.6 Å². The summed E-state index contributed by atoms with van der Waals surface area (Å²) in [5, 5.41) is 12.8. The van der Waals surface area contributed by atoms with Crippen LogP contribution >= 0.6 is 0 Å². The van der Waals surface area contributed by atoms with Crippen molar-refractivity contribution in [1.82, 2.24) is 4.98 Å². The molecule has 0 saturated heterocycles. The third kappa shape index (κ3) is 1.87. The van der Waals surface area contributed by atoms with E-state index in [9.17, 15) is 9.90 Å². The molecule has 0 atom stereocenters. The third-order valence-corrected chi connectivity index (χ3v) is 3.90. The number of nitrogens with one attached hydrogen (secondary N) is 1. The molecule has 0 aliphatic heterocycles. The smallest absolute Gasteiger partial charge is 0.231 e. The fourth-order valence-corrected chi connectivity index (χ4v) is 2.78. The van der Waals surface area contributed by atoms with Crippen molar-refractivity contribution in [2.75, 3.05) is 0 Å². The van der Waals surface area contributed by atoms with Crippen LogP contribution in [0.3, 0.4) is 0 Å². The van der Waals surface area contributed by atoms with Crippen LogP contribution in [0.25, 0.3) is 32.9 Å². The Morgan fingerprint density at radius 1 is 0.818 bits per heavy atom. The van der Waals surface area contributed by atoms with E-state index in [2.05, 4.69) is 4.98 Å². The molecule has 0 aliphatic carbocycles. The van der Waals surface area contributed by atoms with Gasteiger partial charge >= 0.3 is 0 Å². The van der Waals surface area contributed by atoms with Crippen molar-refractivity contribution in [2.24, 2.45) is 0 Å². The maximum atomic E-state index is 12.5. The van der Waals surface area contributed by atoms with Crippen molar-refractivity contribution >= 4 is 21.7 Å². The lowest BCUT2D eigenvalue weighted by Gasteiger charge is -2.08. The molecule has 0 saturated carbocycles. The highest BCUT2D eigenvalue weighted by molar-refractivity contribution is 5.97. The Hall–Kier alpha value is -3.07. The molecule has 3 aromatic carbocycles. The Balaban J connectivity index is 2.11. The number of benzene rings is 3. The van der Waals surface area contributed by atoms with Gasteiger partial charge in [0.2, 0.25) is 5.43 Å². The summed E-state index contributed by atoms with van der Waals surface area (Å²) in [4.78, 5) is 15.7. The monoisotopic (exact) mass is 287 g/mol. The van der Waals surface area contributed by atoms with E-state index in [-0.39, 0.29) is 11.2 Å². The number of aromatic amines is 1. The fourth-order valence-electron chi connectivity index (χ4n) is 2.78. The van der Waals surface area contributed by atoms with E-state index in [0.29, 0.717) is 11.1 Å². The van der Waals surface area contributed by atoms with Crippen LogP contribution in [0.1, 0.15) is 0 Å². The molecule has 1 aromatic heterocycles. The van der Waals surface area contributed by atoms with Crippen molar-refractivity contribution in [3.63, 3.8) is 0 Å². The standard InChI is InChI=1S/C19H13NO2/c21-18-15-10-13-8-4-5-9-14(13)11-16(15)20-17(19(18)22)12-6-2-1-3-7-12/h1-11,22H,(H,20,21). The number of pyridine rings is 1. The average Bonchev–Trinajstić information content (AvgIpc) is 2.57. The molecule has 0 amide bonds. The first-order chi connectivity index (χ1) is 10.7. The van der Waals surface area contributed by atoms with Gasteiger partial charge in [0, 0.05) is 5.56 Å². The minimum Gasteiger partial charge on any atom is -0.503 e. The molecule has 0 radical (unpaired) electrons. The van der Waals surface area contributed by atoms with Gasteiger partial charge in [-0.25, -0.2) is 0 Å². The van der Waals surface area contributed by atoms with E-state index >= 15 is 0 Å². The Kier molecular flexibility index (Phi) is 2.73. The van der Waals surface area contributed by atoms with Gasteiger partial charge in [-0.1, -0.05) is 54.6 Å². The van der Waals surface area contributed by atoms with Gasteiger partial charge in [0.25, 0.3) is 0 Å². The number of hydrogen-bond acceptors (Lipinski definition) is 2. The SMILES string of the molecule is O=c1c(O)c(-c2ccccc2)[nH]c2cc3ccccc3cc12. The summed E-state index contributed by atoms with van der Waals surface area (Å²) < 4.78 is 0. The number of H-pyrrole nitrogens is 1. The van der Waals surface area contributed by atoms with Crippen LogP contribution in [-0.2, 0) is 0 Å². The van der Waals surface area contributed by atoms with Crippen molar-refractivity contribution < 1.29 is 5.11 Å². The van der Waals surface area contributed by atoms with Crippen molar-refractivity contribution in [2.45, 2.75) is 0 Å². The summed E-state index contributed by atoms with van der Waals surface area (Å²) in [5.41, 5.74) is 1.61. The number of aromatic hydroxyl groups is 1. The van der Waals surface area contributed by atoms with Crippen LogP contribution in [-0.4, -0.2) is 10.1 Å². The van der Waals surface area contributed by atoms with Crippen molar-refractivity contribution in [1.29, 1.82) is 0 Å². The minimum atomic E-state index is -0.349. The Labute approximate surface area is 126 Å². The van der Waals surface area contributed by atoms with Crippen LogP contribution < -0.4 is 5.43 Å². The van der Waals surface area contributed by atoms with E-state index in [1.165, 1.54) is 0 Å². The van der Waals surface area contributed by atoms with E-state index in [0.717, 1.165) is 21.9 Å². The van der Waals surface area contributed by atoms with Crippen molar-refractivity contribution in [3.05, 3.63) is 77.0 Å². The van der Waals surface area contributed by atoms with Gasteiger partial charge in [-0.05, 0) is 22.9 Å². The predicted octanol–water partition coefficient (Wildman–Crippen LogP) is 4.05. The molecule has 0 fully saturated rings. The van der Waals surface area contributed by atoms with Gasteiger partial charge in [-0.15, -0.1) is 0 Å². The van der Waals surface area contributed by atoms with Gasteiger partial charge in [-0.3, -0.25) is 4.79 Å². The summed E-state index contributed by atoms with van der Waals surface area (Å²) in [7, 11) is 0. The molecular formula is C19H13NO2. The highest BCUT2D eigenvalue weighted by Crippen LogP contribution is 2.28. The molecule has 22 heavy (non-hydrogen) atoms. The van der Waals surface area contributed by atoms with Gasteiger partial charge < -0.3 is 10.1 Å². The normalized spacial score (nSPS) is 11.1. The summed E-state index contributed by atoms with van der Waals surface area (Å²) in [6.45, 7) is 0. The largest absolute Gasteiger partial charge is 0.503 e. The maximum absolute atomic E-state index is 12.5. The quantitative estimate of drug-likeness (QED) is 0.519. The molecule has 0 unspecified atom stereocenters. The number of rotatable bonds is 1. The lowest BCUT2D eigenvalue weighted by atomic mass is 10.0. The van der Waals surface area contributed by atoms with Gasteiger partial charge in [0.1, 0.15) is 0 Å². The second kappa shape index (κ2) is 4.74. The maximum Gasteiger partial charge on any atom is 0.231 e. The Bertz CT molecular complexity index is 1050. The molecule has 0 spiro atoms. The van der Waals surface area contributed by atoms with E-state index in [4.69, 9.17) is 0 Å². The minimum absolute atomic E-state index is 0.242. The van der Waals surface area contributed by atoms with Gasteiger partial charge in [0.15, 0.2) is 5.75 Å². The average molecular weight is 287 g/mol. The molecule has 3 nitrogen and oxygen atoms in total. The number of aromatic nitrogens is 1. The lowest BCUT2D eigenvalue weighted by molar-refractivity contribution is 0.471. The highest BCUT2D eigenvalue weighted by Gasteiger charge is 2.13. The zero-order valence-corrected chi connectivity index (χ0v) is 11.7. The van der Waals surface area contributed by atoms with Crippen LogP contribution in [0.5, 0.6) is 5.75 Å². The summed E-state index contributed by atoms with van der Waals surface area (Å²) >= 11 is 0. The van der Waals surface area contributed by atoms with Crippen LogP contribution in [0, 0.1) is 0 Å². The lowest BCUT2D eigenvalue weighted by Crippen LogP contribution is -2.05. The molecule has 2 N–H and O–H groups in total. The highest BCUT2D eigenvalue weighted by atomic mass is 16.3. The second-order valence-electron chi connectivity index (χ2n) is 5.29. The molecule has 4 rings (SSSR count). The zero-order valence-electron chi connectivity index (χ0n) is 11.7. The molecule has 0 aliphatic rings. The number of hydrogen-bond donors (Lipinski definition) is 2. The van der Waals surface area contributed by atoms with E-state index < -0.39 is 0 Å². The zero-order chi connectivity index (χ0) is 15.1. The summed E-state index contributed by atoms with van der Waals surface area (Å²) in [6.07, 6.45) is 0. The fraction of sp³-hybridized carbons (Fsp3) is 0. The topological polar surface area (TPSA) is 53.1 Å². The van der Waals surface area contributed by atoms with Crippen LogP contribution in [0.15, 0.2) is 71.5 Å². The molecule has 1 heterocycles. The van der Waals surface area contributed by atoms with Crippen LogP contribution in [0.2, 0.25) is 0 Å². The first-order valence-corrected chi connectivity index (χ1v) is 7.07. The summed E-state index contributed by atoms with van der Waals surface area (Å²) in [5.74, 6) is -0.242. The molecule has 4 aromatic rings. The molecule has 0 bridgehead atoms. The summed E-state index contributed by atoms with van der Waals surface area (Å²) in [6, 6.07) is 21.0.